The summed E-state index contributed by atoms with van der Waals surface area (Å²) in [6, 6.07) is 22.1. The molecule has 3 aromatic rings. The van der Waals surface area contributed by atoms with E-state index >= 15 is 0 Å². The number of aryl methyl sites for hydroxylation is 1. The molecule has 0 bridgehead atoms. The molecule has 5 N–H and O–H groups in total. The summed E-state index contributed by atoms with van der Waals surface area (Å²) in [5.41, 5.74) is 8.84. The van der Waals surface area contributed by atoms with Crippen molar-refractivity contribution in [3.8, 4) is 0 Å². The molecule has 1 aliphatic heterocycles. The molecule has 0 saturated carbocycles. The van der Waals surface area contributed by atoms with Gasteiger partial charge in [0, 0.05) is 25.2 Å². The Morgan fingerprint density at radius 3 is 2.44 bits per heavy atom. The smallest absolute Gasteiger partial charge is 0.241 e. The number of carbonyl (C=O) groups is 2. The number of sulfonamides is 1. The molecule has 4 rings (SSSR count). The van der Waals surface area contributed by atoms with Gasteiger partial charge in [0.1, 0.15) is 11.9 Å². The van der Waals surface area contributed by atoms with Crippen molar-refractivity contribution in [1.29, 1.82) is 5.41 Å². The Morgan fingerprint density at radius 2 is 1.73 bits per heavy atom. The molecular weight excluding hydrogens is 538 g/mol. The van der Waals surface area contributed by atoms with Gasteiger partial charge in [-0.05, 0) is 61.9 Å². The van der Waals surface area contributed by atoms with Gasteiger partial charge in [0.2, 0.25) is 21.8 Å². The molecule has 0 aromatic heterocycles. The van der Waals surface area contributed by atoms with E-state index in [1.54, 1.807) is 41.3 Å². The van der Waals surface area contributed by atoms with Gasteiger partial charge in [0.25, 0.3) is 0 Å². The van der Waals surface area contributed by atoms with Crippen LogP contribution in [0.3, 0.4) is 0 Å². The van der Waals surface area contributed by atoms with Gasteiger partial charge < -0.3 is 16.0 Å². The van der Waals surface area contributed by atoms with Gasteiger partial charge in [-0.3, -0.25) is 15.0 Å². The van der Waals surface area contributed by atoms with Crippen LogP contribution in [0.2, 0.25) is 0 Å². The fourth-order valence-electron chi connectivity index (χ4n) is 4.98. The molecular formula is C31H37N5O4S. The van der Waals surface area contributed by atoms with Gasteiger partial charge in [-0.15, -0.1) is 0 Å². The van der Waals surface area contributed by atoms with Gasteiger partial charge in [0.05, 0.1) is 10.8 Å². The third kappa shape index (κ3) is 8.25. The summed E-state index contributed by atoms with van der Waals surface area (Å²) in [5.74, 6) is -0.994. The molecule has 0 spiro atoms. The first kappa shape index (κ1) is 30.0. The molecule has 0 radical (unpaired) electrons. The van der Waals surface area contributed by atoms with Gasteiger partial charge in [-0.25, -0.2) is 8.42 Å². The minimum Gasteiger partial charge on any atom is -0.384 e. The minimum atomic E-state index is -4.02. The highest BCUT2D eigenvalue weighted by atomic mass is 32.2. The molecule has 1 fully saturated rings. The van der Waals surface area contributed by atoms with Crippen LogP contribution in [0.5, 0.6) is 0 Å². The molecule has 10 heteroatoms. The topological polar surface area (TPSA) is 145 Å². The van der Waals surface area contributed by atoms with Crippen molar-refractivity contribution in [3.63, 3.8) is 0 Å². The maximum Gasteiger partial charge on any atom is 0.241 e. The lowest BCUT2D eigenvalue weighted by molar-refractivity contribution is -0.137. The molecule has 41 heavy (non-hydrogen) atoms. The third-order valence-electron chi connectivity index (χ3n) is 7.26. The number of piperidine rings is 1. The highest BCUT2D eigenvalue weighted by Gasteiger charge is 2.34. The summed E-state index contributed by atoms with van der Waals surface area (Å²) in [6.07, 6.45) is 2.07. The summed E-state index contributed by atoms with van der Waals surface area (Å²) in [4.78, 5) is 28.5. The second-order valence-corrected chi connectivity index (χ2v) is 12.2. The Hall–Kier alpha value is -4.02. The monoisotopic (exact) mass is 575 g/mol. The van der Waals surface area contributed by atoms with E-state index in [1.165, 1.54) is 12.1 Å². The second kappa shape index (κ2) is 13.6. The zero-order valence-corrected chi connectivity index (χ0v) is 24.0. The third-order valence-corrected chi connectivity index (χ3v) is 8.75. The van der Waals surface area contributed by atoms with Crippen LogP contribution in [0.15, 0.2) is 83.8 Å². The number of hydrogen-bond donors (Lipinski definition) is 4. The molecule has 1 heterocycles. The number of likely N-dealkylation sites (tertiary alicyclic amines) is 1. The van der Waals surface area contributed by atoms with Gasteiger partial charge >= 0.3 is 0 Å². The molecule has 216 valence electrons. The molecule has 2 amide bonds. The van der Waals surface area contributed by atoms with Crippen molar-refractivity contribution in [1.82, 2.24) is 14.9 Å². The molecule has 2 atom stereocenters. The predicted octanol–water partition coefficient (Wildman–Crippen LogP) is 2.77. The Bertz CT molecular complexity index is 1480. The first-order valence-electron chi connectivity index (χ1n) is 13.7. The van der Waals surface area contributed by atoms with E-state index in [9.17, 15) is 18.0 Å². The van der Waals surface area contributed by atoms with E-state index in [1.807, 2.05) is 37.3 Å². The fourth-order valence-corrected chi connectivity index (χ4v) is 6.17. The van der Waals surface area contributed by atoms with Crippen LogP contribution in [0.25, 0.3) is 0 Å². The van der Waals surface area contributed by atoms with Crippen molar-refractivity contribution < 1.29 is 18.0 Å². The molecule has 3 aromatic carbocycles. The fraction of sp³-hybridized carbons (Fsp3) is 0.323. The normalized spacial score (nSPS) is 16.1. The number of nitrogens with zero attached hydrogens (tertiary/aromatic N) is 1. The molecule has 1 aliphatic rings. The summed E-state index contributed by atoms with van der Waals surface area (Å²) in [5, 5.41) is 10.7. The quantitative estimate of drug-likeness (QED) is 0.205. The maximum atomic E-state index is 13.9. The molecule has 0 aliphatic carbocycles. The lowest BCUT2D eigenvalue weighted by Crippen LogP contribution is -2.53. The molecule has 1 saturated heterocycles. The number of benzene rings is 3. The van der Waals surface area contributed by atoms with Gasteiger partial charge in [0.15, 0.2) is 0 Å². The van der Waals surface area contributed by atoms with Crippen LogP contribution < -0.4 is 15.8 Å². The number of amides is 2. The average Bonchev–Trinajstić information content (AvgIpc) is 2.97. The lowest BCUT2D eigenvalue weighted by atomic mass is 9.95. The SMILES string of the molecule is Cc1ccc(S(=O)(=O)N[C@@H](Cc2cccc(C(=N)N)c2)C(=O)N2CCCC(C(=O)NCCc3ccccc3)C2)cc1. The first-order chi connectivity index (χ1) is 19.6. The summed E-state index contributed by atoms with van der Waals surface area (Å²) in [7, 11) is -4.02. The number of hydrogen-bond acceptors (Lipinski definition) is 5. The van der Waals surface area contributed by atoms with E-state index in [-0.39, 0.29) is 35.5 Å². The lowest BCUT2D eigenvalue weighted by Gasteiger charge is -2.34. The van der Waals surface area contributed by atoms with E-state index < -0.39 is 22.0 Å². The van der Waals surface area contributed by atoms with Crippen LogP contribution in [0.4, 0.5) is 0 Å². The number of nitrogens with one attached hydrogen (secondary N) is 3. The Morgan fingerprint density at radius 1 is 1.02 bits per heavy atom. The number of rotatable bonds is 11. The van der Waals surface area contributed by atoms with Crippen LogP contribution in [0, 0.1) is 18.3 Å². The van der Waals surface area contributed by atoms with Crippen LogP contribution in [-0.2, 0) is 32.5 Å². The second-order valence-electron chi connectivity index (χ2n) is 10.5. The first-order valence-corrected chi connectivity index (χ1v) is 15.2. The maximum absolute atomic E-state index is 13.9. The Balaban J connectivity index is 1.49. The standard InChI is InChI=1S/C31H37N5O4S/c1-22-12-14-27(15-13-22)41(39,40)35-28(20-24-9-5-10-25(19-24)29(32)33)31(38)36-18-6-11-26(21-36)30(37)34-17-16-23-7-3-2-4-8-23/h2-5,7-10,12-15,19,26,28,35H,6,11,16-18,20-21H2,1H3,(H3,32,33)(H,34,37)/t26?,28-/m0/s1. The molecule has 9 nitrogen and oxygen atoms in total. The zero-order chi connectivity index (χ0) is 29.4. The summed E-state index contributed by atoms with van der Waals surface area (Å²) < 4.78 is 29.2. The number of carbonyl (C=O) groups excluding carboxylic acids is 2. The zero-order valence-electron chi connectivity index (χ0n) is 23.2. The molecule has 1 unspecified atom stereocenters. The number of amidine groups is 1. The van der Waals surface area contributed by atoms with Crippen LogP contribution in [-0.4, -0.2) is 56.6 Å². The van der Waals surface area contributed by atoms with E-state index in [2.05, 4.69) is 10.0 Å². The Labute approximate surface area is 241 Å². The number of nitrogens with two attached hydrogens (primary N) is 1. The van der Waals surface area contributed by atoms with Crippen LogP contribution in [0.1, 0.15) is 35.1 Å². The predicted molar refractivity (Wildman–Crippen MR) is 159 cm³/mol. The van der Waals surface area contributed by atoms with Crippen molar-refractivity contribution >= 4 is 27.7 Å². The van der Waals surface area contributed by atoms with Crippen LogP contribution >= 0.6 is 0 Å². The van der Waals surface area contributed by atoms with Crippen molar-refractivity contribution in [2.24, 2.45) is 11.7 Å². The highest BCUT2D eigenvalue weighted by Crippen LogP contribution is 2.20. The Kier molecular flexibility index (Phi) is 9.91. The van der Waals surface area contributed by atoms with Crippen molar-refractivity contribution in [2.45, 2.75) is 43.5 Å². The summed E-state index contributed by atoms with van der Waals surface area (Å²) >= 11 is 0. The van der Waals surface area contributed by atoms with Gasteiger partial charge in [-0.2, -0.15) is 4.72 Å². The van der Waals surface area contributed by atoms with Crippen molar-refractivity contribution in [2.75, 3.05) is 19.6 Å². The highest BCUT2D eigenvalue weighted by molar-refractivity contribution is 7.89. The van der Waals surface area contributed by atoms with Crippen molar-refractivity contribution in [3.05, 3.63) is 101 Å². The number of nitrogen functional groups attached to an aromatic ring is 1. The van der Waals surface area contributed by atoms with Gasteiger partial charge in [-0.1, -0.05) is 66.2 Å². The average molecular weight is 576 g/mol. The largest absolute Gasteiger partial charge is 0.384 e. The van der Waals surface area contributed by atoms with E-state index in [4.69, 9.17) is 11.1 Å². The van der Waals surface area contributed by atoms with E-state index in [0.717, 1.165) is 11.1 Å². The van der Waals surface area contributed by atoms with E-state index in [0.29, 0.717) is 43.5 Å². The minimum absolute atomic E-state index is 0.0627. The summed E-state index contributed by atoms with van der Waals surface area (Å²) in [6.45, 7) is 3.01.